The Kier molecular flexibility index (Phi) is 6.11. The van der Waals surface area contributed by atoms with Crippen molar-refractivity contribution >= 4 is 0 Å². The van der Waals surface area contributed by atoms with Crippen LogP contribution in [0.4, 0.5) is 0 Å². The van der Waals surface area contributed by atoms with Gasteiger partial charge >= 0.3 is 0 Å². The van der Waals surface area contributed by atoms with Gasteiger partial charge in [0.15, 0.2) is 0 Å². The van der Waals surface area contributed by atoms with Crippen LogP contribution in [-0.2, 0) is 0 Å². The maximum Gasteiger partial charge on any atom is 0.0192 e. The molecule has 1 saturated heterocycles. The molecule has 2 aliphatic rings. The van der Waals surface area contributed by atoms with E-state index < -0.39 is 0 Å². The Balaban J connectivity index is 1.68. The maximum absolute atomic E-state index is 3.80. The Hall–Kier alpha value is -0.120. The van der Waals surface area contributed by atoms with E-state index in [1.54, 1.807) is 0 Å². The van der Waals surface area contributed by atoms with E-state index in [4.69, 9.17) is 0 Å². The molecular formula is C16H33N3. The van der Waals surface area contributed by atoms with Crippen LogP contribution in [-0.4, -0.2) is 61.7 Å². The molecule has 1 aliphatic carbocycles. The SMILES string of the molecule is CC(CNC1CCCCC1)N(C)C1CCN(C)CC1. The van der Waals surface area contributed by atoms with Gasteiger partial charge in [0.1, 0.15) is 0 Å². The lowest BCUT2D eigenvalue weighted by molar-refractivity contribution is 0.110. The van der Waals surface area contributed by atoms with Crippen molar-refractivity contribution in [2.45, 2.75) is 70.0 Å². The molecule has 0 spiro atoms. The van der Waals surface area contributed by atoms with Gasteiger partial charge in [-0.3, -0.25) is 4.90 Å². The van der Waals surface area contributed by atoms with Gasteiger partial charge in [-0.25, -0.2) is 0 Å². The molecule has 1 aliphatic heterocycles. The zero-order valence-corrected chi connectivity index (χ0v) is 13.2. The van der Waals surface area contributed by atoms with Crippen LogP contribution in [0.2, 0.25) is 0 Å². The lowest BCUT2D eigenvalue weighted by Crippen LogP contribution is -2.49. The summed E-state index contributed by atoms with van der Waals surface area (Å²) in [5.41, 5.74) is 0. The minimum absolute atomic E-state index is 0.662. The first-order chi connectivity index (χ1) is 9.16. The first-order valence-corrected chi connectivity index (χ1v) is 8.30. The number of hydrogen-bond donors (Lipinski definition) is 1. The van der Waals surface area contributed by atoms with Crippen LogP contribution < -0.4 is 5.32 Å². The fraction of sp³-hybridized carbons (Fsp3) is 1.00. The third-order valence-electron chi connectivity index (χ3n) is 5.27. The summed E-state index contributed by atoms with van der Waals surface area (Å²) in [6, 6.07) is 2.25. The third-order valence-corrected chi connectivity index (χ3v) is 5.27. The van der Waals surface area contributed by atoms with Crippen molar-refractivity contribution in [3.8, 4) is 0 Å². The summed E-state index contributed by atoms with van der Waals surface area (Å²) < 4.78 is 0. The van der Waals surface area contributed by atoms with Crippen LogP contribution in [0.25, 0.3) is 0 Å². The number of hydrogen-bond acceptors (Lipinski definition) is 3. The molecule has 0 aromatic heterocycles. The molecule has 1 unspecified atom stereocenters. The molecule has 1 N–H and O–H groups in total. The van der Waals surface area contributed by atoms with Crippen molar-refractivity contribution in [2.75, 3.05) is 33.7 Å². The first-order valence-electron chi connectivity index (χ1n) is 8.30. The highest BCUT2D eigenvalue weighted by atomic mass is 15.2. The summed E-state index contributed by atoms with van der Waals surface area (Å²) in [7, 11) is 4.56. The average molecular weight is 267 g/mol. The number of nitrogens with one attached hydrogen (secondary N) is 1. The highest BCUT2D eigenvalue weighted by molar-refractivity contribution is 4.82. The van der Waals surface area contributed by atoms with Gasteiger partial charge < -0.3 is 10.2 Å². The quantitative estimate of drug-likeness (QED) is 0.825. The highest BCUT2D eigenvalue weighted by Crippen LogP contribution is 2.19. The maximum atomic E-state index is 3.80. The molecule has 2 fully saturated rings. The van der Waals surface area contributed by atoms with Gasteiger partial charge in [-0.1, -0.05) is 19.3 Å². The Morgan fingerprint density at radius 3 is 2.37 bits per heavy atom. The van der Waals surface area contributed by atoms with Gasteiger partial charge in [0.2, 0.25) is 0 Å². The van der Waals surface area contributed by atoms with Crippen molar-refractivity contribution in [3.05, 3.63) is 0 Å². The van der Waals surface area contributed by atoms with Crippen LogP contribution in [0.15, 0.2) is 0 Å². The van der Waals surface area contributed by atoms with Gasteiger partial charge in [-0.05, 0) is 59.8 Å². The van der Waals surface area contributed by atoms with Crippen molar-refractivity contribution in [3.63, 3.8) is 0 Å². The van der Waals surface area contributed by atoms with Crippen molar-refractivity contribution in [1.82, 2.24) is 15.1 Å². The summed E-state index contributed by atoms with van der Waals surface area (Å²) in [6.07, 6.45) is 9.76. The zero-order valence-electron chi connectivity index (χ0n) is 13.2. The predicted octanol–water partition coefficient (Wildman–Crippen LogP) is 2.32. The summed E-state index contributed by atoms with van der Waals surface area (Å²) in [6.45, 7) is 6.07. The van der Waals surface area contributed by atoms with E-state index in [1.165, 1.54) is 58.0 Å². The van der Waals surface area contributed by atoms with Gasteiger partial charge in [0, 0.05) is 24.7 Å². The van der Waals surface area contributed by atoms with E-state index in [1.807, 2.05) is 0 Å². The van der Waals surface area contributed by atoms with Crippen LogP contribution in [0.3, 0.4) is 0 Å². The molecule has 3 heteroatoms. The lowest BCUT2D eigenvalue weighted by atomic mass is 9.95. The number of piperidine rings is 1. The lowest BCUT2D eigenvalue weighted by Gasteiger charge is -2.39. The molecule has 112 valence electrons. The standard InChI is InChI=1S/C16H33N3/c1-14(13-17-15-7-5-4-6-8-15)19(3)16-9-11-18(2)12-10-16/h14-17H,4-13H2,1-3H3. The molecule has 2 rings (SSSR count). The predicted molar refractivity (Wildman–Crippen MR) is 82.6 cm³/mol. The number of rotatable bonds is 5. The van der Waals surface area contributed by atoms with Crippen LogP contribution in [0, 0.1) is 0 Å². The van der Waals surface area contributed by atoms with Crippen molar-refractivity contribution in [1.29, 1.82) is 0 Å². The van der Waals surface area contributed by atoms with E-state index in [0.29, 0.717) is 6.04 Å². The van der Waals surface area contributed by atoms with E-state index in [-0.39, 0.29) is 0 Å². The van der Waals surface area contributed by atoms with Gasteiger partial charge in [0.25, 0.3) is 0 Å². The number of nitrogens with zero attached hydrogens (tertiary/aromatic N) is 2. The zero-order chi connectivity index (χ0) is 13.7. The first kappa shape index (κ1) is 15.3. The molecule has 0 amide bonds. The van der Waals surface area contributed by atoms with E-state index in [2.05, 4.69) is 36.1 Å². The molecular weight excluding hydrogens is 234 g/mol. The van der Waals surface area contributed by atoms with Gasteiger partial charge in [0.05, 0.1) is 0 Å². The van der Waals surface area contributed by atoms with Crippen LogP contribution in [0.1, 0.15) is 51.9 Å². The van der Waals surface area contributed by atoms with E-state index in [9.17, 15) is 0 Å². The molecule has 1 heterocycles. The van der Waals surface area contributed by atoms with E-state index >= 15 is 0 Å². The fourth-order valence-corrected chi connectivity index (χ4v) is 3.55. The number of likely N-dealkylation sites (N-methyl/N-ethyl adjacent to an activating group) is 1. The molecule has 3 nitrogen and oxygen atoms in total. The summed E-state index contributed by atoms with van der Waals surface area (Å²) >= 11 is 0. The Morgan fingerprint density at radius 1 is 1.11 bits per heavy atom. The van der Waals surface area contributed by atoms with E-state index in [0.717, 1.165) is 18.6 Å². The molecule has 1 saturated carbocycles. The van der Waals surface area contributed by atoms with Crippen molar-refractivity contribution < 1.29 is 0 Å². The minimum Gasteiger partial charge on any atom is -0.312 e. The molecule has 0 aromatic rings. The fourth-order valence-electron chi connectivity index (χ4n) is 3.55. The third kappa shape index (κ3) is 4.73. The summed E-state index contributed by atoms with van der Waals surface area (Å²) in [5.74, 6) is 0. The Bertz CT molecular complexity index is 242. The van der Waals surface area contributed by atoms with Gasteiger partial charge in [-0.15, -0.1) is 0 Å². The normalized spacial score (nSPS) is 25.9. The molecule has 1 atom stereocenters. The Morgan fingerprint density at radius 2 is 1.74 bits per heavy atom. The second-order valence-electron chi connectivity index (χ2n) is 6.79. The Labute approximate surface area is 119 Å². The van der Waals surface area contributed by atoms with Crippen molar-refractivity contribution in [2.24, 2.45) is 0 Å². The average Bonchev–Trinajstić information content (AvgIpc) is 2.46. The summed E-state index contributed by atoms with van der Waals surface area (Å²) in [4.78, 5) is 5.07. The largest absolute Gasteiger partial charge is 0.312 e. The highest BCUT2D eigenvalue weighted by Gasteiger charge is 2.24. The second-order valence-corrected chi connectivity index (χ2v) is 6.79. The minimum atomic E-state index is 0.662. The summed E-state index contributed by atoms with van der Waals surface area (Å²) in [5, 5.41) is 3.80. The van der Waals surface area contributed by atoms with Crippen LogP contribution >= 0.6 is 0 Å². The monoisotopic (exact) mass is 267 g/mol. The number of likely N-dealkylation sites (tertiary alicyclic amines) is 1. The van der Waals surface area contributed by atoms with Gasteiger partial charge in [-0.2, -0.15) is 0 Å². The second kappa shape index (κ2) is 7.61. The smallest absolute Gasteiger partial charge is 0.0192 e. The van der Waals surface area contributed by atoms with Crippen LogP contribution in [0.5, 0.6) is 0 Å². The topological polar surface area (TPSA) is 18.5 Å². The molecule has 0 radical (unpaired) electrons. The molecule has 19 heavy (non-hydrogen) atoms. The molecule has 0 bridgehead atoms. The molecule has 0 aromatic carbocycles.